The number of hydrogen-bond acceptors (Lipinski definition) is 3. The molecule has 0 saturated heterocycles. The van der Waals surface area contributed by atoms with E-state index in [0.29, 0.717) is 0 Å². The molecule has 0 spiro atoms. The molecule has 0 radical (unpaired) electrons. The fourth-order valence-corrected chi connectivity index (χ4v) is 2.21. The number of rotatable bonds is 3. The van der Waals surface area contributed by atoms with Gasteiger partial charge in [-0.1, -0.05) is 13.0 Å². The number of methoxy groups -OCH3 is 1. The van der Waals surface area contributed by atoms with Crippen molar-refractivity contribution in [1.82, 2.24) is 0 Å². The molecule has 1 aliphatic carbocycles. The summed E-state index contributed by atoms with van der Waals surface area (Å²) >= 11 is 0. The van der Waals surface area contributed by atoms with Gasteiger partial charge in [-0.15, -0.1) is 0 Å². The molecule has 1 unspecified atom stereocenters. The molecule has 1 atom stereocenters. The monoisotopic (exact) mass is 234 g/mol. The largest absolute Gasteiger partial charge is 0.482 e. The second kappa shape index (κ2) is 5.21. The van der Waals surface area contributed by atoms with E-state index >= 15 is 0 Å². The molecule has 0 saturated carbocycles. The Morgan fingerprint density at radius 1 is 1.41 bits per heavy atom. The molecule has 0 heterocycles. The minimum atomic E-state index is -0.351. The van der Waals surface area contributed by atoms with Crippen LogP contribution in [0.4, 0.5) is 0 Å². The Bertz CT molecular complexity index is 412. The zero-order valence-corrected chi connectivity index (χ0v) is 10.4. The molecule has 2 rings (SSSR count). The molecule has 0 fully saturated rings. The Hall–Kier alpha value is -1.51. The number of aryl methyl sites for hydroxylation is 1. The maximum absolute atomic E-state index is 11.0. The molecular formula is C14H18O3. The number of hydrogen-bond donors (Lipinski definition) is 0. The maximum atomic E-state index is 11.0. The Morgan fingerprint density at radius 3 is 3.00 bits per heavy atom. The first-order valence-corrected chi connectivity index (χ1v) is 6.00. The summed E-state index contributed by atoms with van der Waals surface area (Å²) in [5.74, 6) is 1.14. The lowest BCUT2D eigenvalue weighted by molar-refractivity contribution is -0.142. The minimum Gasteiger partial charge on any atom is -0.482 e. The Morgan fingerprint density at radius 2 is 2.24 bits per heavy atom. The van der Waals surface area contributed by atoms with Gasteiger partial charge in [-0.2, -0.15) is 0 Å². The summed E-state index contributed by atoms with van der Waals surface area (Å²) in [6.45, 7) is 2.25. The molecule has 1 aromatic rings. The second-order valence-electron chi connectivity index (χ2n) is 4.64. The van der Waals surface area contributed by atoms with Crippen LogP contribution >= 0.6 is 0 Å². The number of benzene rings is 1. The zero-order valence-electron chi connectivity index (χ0n) is 10.4. The molecular weight excluding hydrogens is 216 g/mol. The van der Waals surface area contributed by atoms with Crippen LogP contribution in [0.5, 0.6) is 5.75 Å². The highest BCUT2D eigenvalue weighted by Crippen LogP contribution is 2.28. The summed E-state index contributed by atoms with van der Waals surface area (Å²) in [6.07, 6.45) is 3.51. The van der Waals surface area contributed by atoms with Crippen LogP contribution in [0.2, 0.25) is 0 Å². The van der Waals surface area contributed by atoms with Crippen LogP contribution < -0.4 is 4.74 Å². The lowest BCUT2D eigenvalue weighted by Gasteiger charge is -2.21. The van der Waals surface area contributed by atoms with Crippen LogP contribution in [0.1, 0.15) is 24.5 Å². The Kier molecular flexibility index (Phi) is 3.67. The maximum Gasteiger partial charge on any atom is 0.343 e. The highest BCUT2D eigenvalue weighted by molar-refractivity contribution is 5.70. The van der Waals surface area contributed by atoms with Gasteiger partial charge in [0.15, 0.2) is 6.61 Å². The third-order valence-electron chi connectivity index (χ3n) is 3.24. The van der Waals surface area contributed by atoms with Crippen molar-refractivity contribution in [3.05, 3.63) is 29.3 Å². The molecule has 17 heavy (non-hydrogen) atoms. The molecule has 0 amide bonds. The summed E-state index contributed by atoms with van der Waals surface area (Å²) in [4.78, 5) is 11.0. The van der Waals surface area contributed by atoms with Gasteiger partial charge in [-0.05, 0) is 48.4 Å². The van der Waals surface area contributed by atoms with Crippen LogP contribution in [0.3, 0.4) is 0 Å². The van der Waals surface area contributed by atoms with Gasteiger partial charge in [-0.3, -0.25) is 0 Å². The van der Waals surface area contributed by atoms with Crippen molar-refractivity contribution in [2.75, 3.05) is 13.7 Å². The number of fused-ring (bicyclic) bond motifs is 1. The van der Waals surface area contributed by atoms with Gasteiger partial charge in [0.1, 0.15) is 5.75 Å². The molecule has 0 aliphatic heterocycles. The van der Waals surface area contributed by atoms with Crippen molar-refractivity contribution < 1.29 is 14.3 Å². The number of esters is 1. The van der Waals surface area contributed by atoms with E-state index in [1.165, 1.54) is 24.7 Å². The van der Waals surface area contributed by atoms with E-state index in [4.69, 9.17) is 4.74 Å². The smallest absolute Gasteiger partial charge is 0.343 e. The van der Waals surface area contributed by atoms with Crippen molar-refractivity contribution in [3.8, 4) is 5.75 Å². The van der Waals surface area contributed by atoms with Gasteiger partial charge < -0.3 is 9.47 Å². The molecule has 0 N–H and O–H groups in total. The minimum absolute atomic E-state index is 0.0230. The highest BCUT2D eigenvalue weighted by Gasteiger charge is 2.15. The van der Waals surface area contributed by atoms with Gasteiger partial charge in [0.05, 0.1) is 7.11 Å². The molecule has 92 valence electrons. The van der Waals surface area contributed by atoms with E-state index < -0.39 is 0 Å². The molecule has 0 aromatic heterocycles. The van der Waals surface area contributed by atoms with Gasteiger partial charge in [0.2, 0.25) is 0 Å². The van der Waals surface area contributed by atoms with Crippen LogP contribution in [-0.2, 0) is 22.4 Å². The lowest BCUT2D eigenvalue weighted by atomic mass is 9.85. The first kappa shape index (κ1) is 12.0. The molecule has 3 nitrogen and oxygen atoms in total. The third kappa shape index (κ3) is 2.99. The Balaban J connectivity index is 2.05. The fraction of sp³-hybridized carbons (Fsp3) is 0.500. The Labute approximate surface area is 102 Å². The first-order chi connectivity index (χ1) is 8.19. The van der Waals surface area contributed by atoms with Crippen LogP contribution in [0, 0.1) is 5.92 Å². The van der Waals surface area contributed by atoms with Crippen LogP contribution in [-0.4, -0.2) is 19.7 Å². The van der Waals surface area contributed by atoms with Crippen molar-refractivity contribution in [2.24, 2.45) is 5.92 Å². The molecule has 1 aromatic carbocycles. The van der Waals surface area contributed by atoms with E-state index in [9.17, 15) is 4.79 Å². The van der Waals surface area contributed by atoms with Crippen molar-refractivity contribution in [3.63, 3.8) is 0 Å². The van der Waals surface area contributed by atoms with Gasteiger partial charge in [0, 0.05) is 0 Å². The van der Waals surface area contributed by atoms with E-state index in [-0.39, 0.29) is 12.6 Å². The second-order valence-corrected chi connectivity index (χ2v) is 4.64. The topological polar surface area (TPSA) is 35.5 Å². The van der Waals surface area contributed by atoms with E-state index in [1.807, 2.05) is 12.1 Å². The standard InChI is InChI=1S/C14H18O3/c1-10-3-4-11-5-6-13(8-12(11)7-10)17-9-14(15)16-2/h5-6,8,10H,3-4,7,9H2,1-2H3. The first-order valence-electron chi connectivity index (χ1n) is 6.00. The average Bonchev–Trinajstić information content (AvgIpc) is 2.35. The number of carbonyl (C=O) groups is 1. The number of carbonyl (C=O) groups excluding carboxylic acids is 1. The van der Waals surface area contributed by atoms with E-state index in [1.54, 1.807) is 0 Å². The van der Waals surface area contributed by atoms with Gasteiger partial charge >= 0.3 is 5.97 Å². The summed E-state index contributed by atoms with van der Waals surface area (Å²) < 4.78 is 9.92. The van der Waals surface area contributed by atoms with E-state index in [2.05, 4.69) is 17.7 Å². The summed E-state index contributed by atoms with van der Waals surface area (Å²) in [5.41, 5.74) is 2.76. The van der Waals surface area contributed by atoms with Crippen molar-refractivity contribution >= 4 is 5.97 Å². The van der Waals surface area contributed by atoms with Gasteiger partial charge in [-0.25, -0.2) is 4.79 Å². The predicted octanol–water partition coefficient (Wildman–Crippen LogP) is 2.36. The molecule has 3 heteroatoms. The normalized spacial score (nSPS) is 18.4. The van der Waals surface area contributed by atoms with Gasteiger partial charge in [0.25, 0.3) is 0 Å². The van der Waals surface area contributed by atoms with Crippen molar-refractivity contribution in [1.29, 1.82) is 0 Å². The fourth-order valence-electron chi connectivity index (χ4n) is 2.21. The predicted molar refractivity (Wildman–Crippen MR) is 65.1 cm³/mol. The molecule has 0 bridgehead atoms. The summed E-state index contributed by atoms with van der Waals surface area (Å²) in [7, 11) is 1.36. The molecule has 1 aliphatic rings. The lowest BCUT2D eigenvalue weighted by Crippen LogP contribution is -2.14. The number of ether oxygens (including phenoxy) is 2. The highest BCUT2D eigenvalue weighted by atomic mass is 16.6. The van der Waals surface area contributed by atoms with Crippen LogP contribution in [0.25, 0.3) is 0 Å². The third-order valence-corrected chi connectivity index (χ3v) is 3.24. The SMILES string of the molecule is COC(=O)COc1ccc2c(c1)CC(C)CC2. The quantitative estimate of drug-likeness (QED) is 0.753. The van der Waals surface area contributed by atoms with Crippen molar-refractivity contribution in [2.45, 2.75) is 26.2 Å². The average molecular weight is 234 g/mol. The van der Waals surface area contributed by atoms with E-state index in [0.717, 1.165) is 24.5 Å². The zero-order chi connectivity index (χ0) is 12.3. The van der Waals surface area contributed by atoms with Crippen LogP contribution in [0.15, 0.2) is 18.2 Å². The summed E-state index contributed by atoms with van der Waals surface area (Å²) in [6, 6.07) is 6.08. The summed E-state index contributed by atoms with van der Waals surface area (Å²) in [5, 5.41) is 0.